The zero-order valence-corrected chi connectivity index (χ0v) is 18.8. The second-order valence-electron chi connectivity index (χ2n) is 8.91. The molecule has 2 aromatic rings. The number of benzene rings is 1. The van der Waals surface area contributed by atoms with Crippen molar-refractivity contribution in [2.75, 3.05) is 26.7 Å². The normalized spacial score (nSPS) is 21.4. The molecule has 2 heterocycles. The predicted molar refractivity (Wildman–Crippen MR) is 123 cm³/mol. The molecule has 2 fully saturated rings. The summed E-state index contributed by atoms with van der Waals surface area (Å²) in [5.41, 5.74) is 2.91. The van der Waals surface area contributed by atoms with Gasteiger partial charge in [-0.3, -0.25) is 14.5 Å². The fourth-order valence-electron chi connectivity index (χ4n) is 4.79. The van der Waals surface area contributed by atoms with Crippen LogP contribution in [-0.2, 0) is 4.79 Å². The van der Waals surface area contributed by atoms with Crippen LogP contribution in [0.1, 0.15) is 53.1 Å². The molecule has 7 nitrogen and oxygen atoms in total. The minimum Gasteiger partial charge on any atom is -0.481 e. The van der Waals surface area contributed by atoms with Gasteiger partial charge in [0, 0.05) is 37.0 Å². The smallest absolute Gasteiger partial charge is 0.251 e. The van der Waals surface area contributed by atoms with Gasteiger partial charge in [0.2, 0.25) is 11.8 Å². The minimum atomic E-state index is -0.220. The van der Waals surface area contributed by atoms with Crippen molar-refractivity contribution < 1.29 is 14.3 Å². The Morgan fingerprint density at radius 2 is 1.91 bits per heavy atom. The van der Waals surface area contributed by atoms with E-state index in [2.05, 4.69) is 32.7 Å². The van der Waals surface area contributed by atoms with Gasteiger partial charge < -0.3 is 15.4 Å². The lowest BCUT2D eigenvalue weighted by Gasteiger charge is -2.46. The molecule has 1 aliphatic heterocycles. The lowest BCUT2D eigenvalue weighted by atomic mass is 9.80. The van der Waals surface area contributed by atoms with E-state index >= 15 is 0 Å². The van der Waals surface area contributed by atoms with E-state index in [0.717, 1.165) is 31.5 Å². The number of carbonyl (C=O) groups excluding carboxylic acids is 2. The summed E-state index contributed by atoms with van der Waals surface area (Å²) in [4.78, 5) is 31.1. The molecule has 170 valence electrons. The number of likely N-dealkylation sites (tertiary alicyclic amines) is 1. The molecule has 0 unspecified atom stereocenters. The molecule has 0 radical (unpaired) electrons. The number of rotatable bonds is 7. The summed E-state index contributed by atoms with van der Waals surface area (Å²) in [6.07, 6.45) is 6.49. The second-order valence-corrected chi connectivity index (χ2v) is 8.91. The van der Waals surface area contributed by atoms with Crippen molar-refractivity contribution in [2.45, 2.75) is 50.6 Å². The summed E-state index contributed by atoms with van der Waals surface area (Å²) in [6.45, 7) is 3.71. The lowest BCUT2D eigenvalue weighted by molar-refractivity contribution is -0.122. The monoisotopic (exact) mass is 436 g/mol. The molecule has 32 heavy (non-hydrogen) atoms. The number of hydrogen-bond acceptors (Lipinski definition) is 5. The van der Waals surface area contributed by atoms with Crippen LogP contribution in [0.4, 0.5) is 0 Å². The van der Waals surface area contributed by atoms with Crippen LogP contribution in [0.3, 0.4) is 0 Å². The molecule has 2 aliphatic rings. The van der Waals surface area contributed by atoms with Crippen LogP contribution in [0.15, 0.2) is 42.6 Å². The summed E-state index contributed by atoms with van der Waals surface area (Å²) in [6, 6.07) is 12.3. The summed E-state index contributed by atoms with van der Waals surface area (Å²) in [5, 5.41) is 5.74. The molecule has 0 bridgehead atoms. The van der Waals surface area contributed by atoms with Crippen LogP contribution in [0.5, 0.6) is 5.88 Å². The van der Waals surface area contributed by atoms with Crippen molar-refractivity contribution in [3.05, 3.63) is 59.3 Å². The number of methoxy groups -OCH3 is 1. The number of amides is 2. The highest BCUT2D eigenvalue weighted by molar-refractivity contribution is 5.96. The van der Waals surface area contributed by atoms with Crippen LogP contribution in [-0.4, -0.2) is 60.5 Å². The standard InChI is InChI=1S/C25H32N4O3/c1-17-4-3-5-20(12-17)25(31)27-14-23(30)28-21-15-29(16-21)22-8-6-18(7-9-22)19-10-11-26-24(13-19)32-2/h3-5,10-13,18,21-22H,6-9,14-16H2,1-2H3,(H,27,31)(H,28,30)/t18-,22+. The SMILES string of the molecule is COc1cc([C@H]2CC[C@@H](N3CC(NC(=O)CNC(=O)c4cccc(C)c4)C3)CC2)ccn1. The number of aromatic nitrogens is 1. The van der Waals surface area contributed by atoms with E-state index in [1.807, 2.05) is 31.3 Å². The van der Waals surface area contributed by atoms with E-state index in [4.69, 9.17) is 4.74 Å². The third kappa shape index (κ3) is 5.46. The van der Waals surface area contributed by atoms with Gasteiger partial charge in [-0.25, -0.2) is 4.98 Å². The third-order valence-corrected chi connectivity index (χ3v) is 6.62. The van der Waals surface area contributed by atoms with Crippen molar-refractivity contribution >= 4 is 11.8 Å². The predicted octanol–water partition coefficient (Wildman–Crippen LogP) is 2.66. The molecule has 0 spiro atoms. The van der Waals surface area contributed by atoms with Gasteiger partial charge >= 0.3 is 0 Å². The molecule has 1 aromatic carbocycles. The van der Waals surface area contributed by atoms with Gasteiger partial charge in [-0.1, -0.05) is 17.7 Å². The molecule has 1 saturated heterocycles. The Morgan fingerprint density at radius 1 is 1.12 bits per heavy atom. The van der Waals surface area contributed by atoms with Gasteiger partial charge in [0.25, 0.3) is 5.91 Å². The van der Waals surface area contributed by atoms with Crippen molar-refractivity contribution in [3.8, 4) is 5.88 Å². The van der Waals surface area contributed by atoms with Gasteiger partial charge in [-0.2, -0.15) is 0 Å². The van der Waals surface area contributed by atoms with E-state index in [-0.39, 0.29) is 24.4 Å². The summed E-state index contributed by atoms with van der Waals surface area (Å²) >= 11 is 0. The van der Waals surface area contributed by atoms with Crippen molar-refractivity contribution in [2.24, 2.45) is 0 Å². The first-order valence-corrected chi connectivity index (χ1v) is 11.4. The van der Waals surface area contributed by atoms with Gasteiger partial charge in [-0.15, -0.1) is 0 Å². The summed E-state index contributed by atoms with van der Waals surface area (Å²) in [7, 11) is 1.65. The second kappa shape index (κ2) is 10.1. The number of nitrogens with zero attached hydrogens (tertiary/aromatic N) is 2. The van der Waals surface area contributed by atoms with Crippen molar-refractivity contribution in [3.63, 3.8) is 0 Å². The zero-order valence-electron chi connectivity index (χ0n) is 18.8. The fourth-order valence-corrected chi connectivity index (χ4v) is 4.79. The average molecular weight is 437 g/mol. The van der Waals surface area contributed by atoms with E-state index in [1.54, 1.807) is 13.2 Å². The topological polar surface area (TPSA) is 83.6 Å². The first kappa shape index (κ1) is 22.3. The zero-order chi connectivity index (χ0) is 22.5. The van der Waals surface area contributed by atoms with Crippen molar-refractivity contribution in [1.29, 1.82) is 0 Å². The van der Waals surface area contributed by atoms with Gasteiger partial charge in [0.1, 0.15) is 0 Å². The average Bonchev–Trinajstić information content (AvgIpc) is 2.79. The maximum absolute atomic E-state index is 12.2. The number of pyridine rings is 1. The number of aryl methyl sites for hydroxylation is 1. The Morgan fingerprint density at radius 3 is 2.62 bits per heavy atom. The largest absolute Gasteiger partial charge is 0.481 e. The van der Waals surface area contributed by atoms with Gasteiger partial charge in [0.05, 0.1) is 19.7 Å². The van der Waals surface area contributed by atoms with E-state index in [9.17, 15) is 9.59 Å². The molecular formula is C25H32N4O3. The summed E-state index contributed by atoms with van der Waals surface area (Å²) < 4.78 is 5.26. The summed E-state index contributed by atoms with van der Waals surface area (Å²) in [5.74, 6) is 0.895. The minimum absolute atomic E-state index is 0.00375. The van der Waals surface area contributed by atoms with Crippen molar-refractivity contribution in [1.82, 2.24) is 20.5 Å². The van der Waals surface area contributed by atoms with Gasteiger partial charge in [-0.05, 0) is 62.3 Å². The highest BCUT2D eigenvalue weighted by Gasteiger charge is 2.35. The Hall–Kier alpha value is -2.93. The first-order valence-electron chi connectivity index (χ1n) is 11.4. The van der Waals surface area contributed by atoms with Gasteiger partial charge in [0.15, 0.2) is 0 Å². The molecule has 2 N–H and O–H groups in total. The Balaban J connectivity index is 1.15. The maximum atomic E-state index is 12.2. The number of ether oxygens (including phenoxy) is 1. The van der Waals surface area contributed by atoms with Crippen LogP contribution < -0.4 is 15.4 Å². The number of nitrogens with one attached hydrogen (secondary N) is 2. The number of hydrogen-bond donors (Lipinski definition) is 2. The fraction of sp³-hybridized carbons (Fsp3) is 0.480. The molecule has 1 saturated carbocycles. The lowest BCUT2D eigenvalue weighted by Crippen LogP contribution is -2.63. The van der Waals surface area contributed by atoms with Crippen LogP contribution >= 0.6 is 0 Å². The molecule has 4 rings (SSSR count). The van der Waals surface area contributed by atoms with Crippen LogP contribution in [0.25, 0.3) is 0 Å². The molecule has 1 aliphatic carbocycles. The number of carbonyl (C=O) groups is 2. The quantitative estimate of drug-likeness (QED) is 0.697. The van der Waals surface area contributed by atoms with E-state index in [1.165, 1.54) is 18.4 Å². The first-order chi connectivity index (χ1) is 15.5. The molecular weight excluding hydrogens is 404 g/mol. The Labute approximate surface area is 189 Å². The van der Waals surface area contributed by atoms with E-state index < -0.39 is 0 Å². The highest BCUT2D eigenvalue weighted by atomic mass is 16.5. The highest BCUT2D eigenvalue weighted by Crippen LogP contribution is 2.36. The maximum Gasteiger partial charge on any atom is 0.251 e. The van der Waals surface area contributed by atoms with Crippen LogP contribution in [0.2, 0.25) is 0 Å². The molecule has 0 atom stereocenters. The third-order valence-electron chi connectivity index (χ3n) is 6.62. The molecule has 2 amide bonds. The van der Waals surface area contributed by atoms with E-state index in [0.29, 0.717) is 23.4 Å². The Kier molecular flexibility index (Phi) is 7.05. The molecule has 7 heteroatoms. The Bertz CT molecular complexity index is 950. The van der Waals surface area contributed by atoms with Crippen LogP contribution in [0, 0.1) is 6.92 Å². The molecule has 1 aromatic heterocycles.